The highest BCUT2D eigenvalue weighted by Crippen LogP contribution is 2.21. The van der Waals surface area contributed by atoms with Gasteiger partial charge < -0.3 is 9.73 Å². The number of nitrogens with one attached hydrogen (secondary N) is 2. The molecule has 1 aromatic carbocycles. The van der Waals surface area contributed by atoms with Gasteiger partial charge in [-0.1, -0.05) is 0 Å². The van der Waals surface area contributed by atoms with Crippen LogP contribution in [-0.4, -0.2) is 16.7 Å². The molecular weight excluding hydrogens is 278 g/mol. The van der Waals surface area contributed by atoms with Crippen molar-refractivity contribution in [2.75, 3.05) is 5.32 Å². The van der Waals surface area contributed by atoms with Crippen LogP contribution < -0.4 is 10.6 Å². The quantitative estimate of drug-likeness (QED) is 0.502. The van der Waals surface area contributed by atoms with E-state index in [9.17, 15) is 19.7 Å². The van der Waals surface area contributed by atoms with E-state index in [0.29, 0.717) is 22.6 Å². The largest absolute Gasteiger partial charge is 0.433 e. The predicted octanol–water partition coefficient (Wildman–Crippen LogP) is 1.68. The van der Waals surface area contributed by atoms with Gasteiger partial charge >= 0.3 is 5.88 Å². The van der Waals surface area contributed by atoms with Crippen LogP contribution in [0.15, 0.2) is 34.7 Å². The van der Waals surface area contributed by atoms with Gasteiger partial charge in [-0.3, -0.25) is 25.0 Å². The predicted molar refractivity (Wildman–Crippen MR) is 70.9 cm³/mol. The van der Waals surface area contributed by atoms with Crippen LogP contribution in [-0.2, 0) is 6.54 Å². The highest BCUT2D eigenvalue weighted by Gasteiger charge is 2.26. The van der Waals surface area contributed by atoms with Crippen LogP contribution in [0.25, 0.3) is 0 Å². The maximum atomic E-state index is 11.5. The van der Waals surface area contributed by atoms with Gasteiger partial charge in [-0.25, -0.2) is 0 Å². The summed E-state index contributed by atoms with van der Waals surface area (Å²) in [5.74, 6) is -0.788. The zero-order chi connectivity index (χ0) is 15.0. The van der Waals surface area contributed by atoms with Crippen molar-refractivity contribution >= 4 is 23.4 Å². The number of nitro groups is 1. The van der Waals surface area contributed by atoms with Crippen LogP contribution in [0.4, 0.5) is 11.6 Å². The van der Waals surface area contributed by atoms with Crippen molar-refractivity contribution in [1.82, 2.24) is 5.32 Å². The number of carbonyl (C=O) groups is 2. The molecule has 0 atom stereocenters. The number of hydrogen-bond donors (Lipinski definition) is 2. The zero-order valence-electron chi connectivity index (χ0n) is 10.6. The molecule has 0 spiro atoms. The average molecular weight is 287 g/mol. The molecule has 2 heterocycles. The van der Waals surface area contributed by atoms with E-state index >= 15 is 0 Å². The van der Waals surface area contributed by atoms with E-state index in [1.165, 1.54) is 12.1 Å². The second-order valence-electron chi connectivity index (χ2n) is 4.39. The highest BCUT2D eigenvalue weighted by atomic mass is 16.6. The van der Waals surface area contributed by atoms with E-state index in [2.05, 4.69) is 10.6 Å². The summed E-state index contributed by atoms with van der Waals surface area (Å²) in [5.41, 5.74) is 1.24. The fourth-order valence-corrected chi connectivity index (χ4v) is 2.03. The molecule has 8 nitrogen and oxygen atoms in total. The van der Waals surface area contributed by atoms with Crippen molar-refractivity contribution < 1.29 is 18.9 Å². The summed E-state index contributed by atoms with van der Waals surface area (Å²) in [6.45, 7) is 0.224. The van der Waals surface area contributed by atoms with Crippen LogP contribution in [0, 0.1) is 10.1 Å². The molecule has 2 N–H and O–H groups in total. The van der Waals surface area contributed by atoms with Crippen LogP contribution in [0.5, 0.6) is 0 Å². The summed E-state index contributed by atoms with van der Waals surface area (Å²) in [5, 5.41) is 15.7. The minimum Gasteiger partial charge on any atom is -0.404 e. The first-order chi connectivity index (χ1) is 10.0. The molecule has 0 fully saturated rings. The Bertz CT molecular complexity index is 765. The number of fused-ring (bicyclic) bond motifs is 1. The minimum atomic E-state index is -0.616. The Kier molecular flexibility index (Phi) is 2.90. The number of benzene rings is 1. The molecule has 0 bridgehead atoms. The van der Waals surface area contributed by atoms with Crippen molar-refractivity contribution in [3.05, 3.63) is 57.3 Å². The number of amides is 2. The maximum absolute atomic E-state index is 11.5. The Labute approximate surface area is 117 Å². The summed E-state index contributed by atoms with van der Waals surface area (Å²) in [7, 11) is 0. The van der Waals surface area contributed by atoms with Crippen LogP contribution in [0.2, 0.25) is 0 Å². The molecule has 0 saturated carbocycles. The second-order valence-corrected chi connectivity index (χ2v) is 4.39. The van der Waals surface area contributed by atoms with E-state index in [1.807, 2.05) is 0 Å². The minimum absolute atomic E-state index is 0.224. The third kappa shape index (κ3) is 2.34. The Hall–Kier alpha value is -3.16. The van der Waals surface area contributed by atoms with Gasteiger partial charge in [0.1, 0.15) is 10.7 Å². The molecule has 2 amide bonds. The van der Waals surface area contributed by atoms with Crippen molar-refractivity contribution in [3.8, 4) is 0 Å². The third-order valence-corrected chi connectivity index (χ3v) is 3.03. The first-order valence-electron chi connectivity index (χ1n) is 6.01. The van der Waals surface area contributed by atoms with E-state index in [-0.39, 0.29) is 12.4 Å². The second kappa shape index (κ2) is 4.75. The topological polar surface area (TPSA) is 114 Å². The molecule has 0 aliphatic carbocycles. The molecular formula is C13H9N3O5. The first-order valence-corrected chi connectivity index (χ1v) is 6.01. The lowest BCUT2D eigenvalue weighted by Crippen LogP contribution is -2.19. The first kappa shape index (κ1) is 12.9. The van der Waals surface area contributed by atoms with Gasteiger partial charge in [0.05, 0.1) is 23.7 Å². The number of carbonyl (C=O) groups excluding carboxylic acids is 2. The summed E-state index contributed by atoms with van der Waals surface area (Å²) in [6, 6.07) is 7.50. The SMILES string of the molecule is O=C1NC(=O)c2cc(NCc3ccc([N+](=O)[O-])o3)ccc21. The van der Waals surface area contributed by atoms with Gasteiger partial charge in [-0.15, -0.1) is 0 Å². The molecule has 2 aromatic rings. The van der Waals surface area contributed by atoms with Gasteiger partial charge in [0.2, 0.25) is 0 Å². The van der Waals surface area contributed by atoms with Gasteiger partial charge in [-0.05, 0) is 24.3 Å². The number of hydrogen-bond acceptors (Lipinski definition) is 6. The molecule has 1 aliphatic heterocycles. The molecule has 3 rings (SSSR count). The smallest absolute Gasteiger partial charge is 0.404 e. The van der Waals surface area contributed by atoms with E-state index in [0.717, 1.165) is 0 Å². The molecule has 0 radical (unpaired) electrons. The summed E-state index contributed by atoms with van der Waals surface area (Å²) in [6.07, 6.45) is 0. The molecule has 0 unspecified atom stereocenters. The van der Waals surface area contributed by atoms with Gasteiger partial charge in [-0.2, -0.15) is 0 Å². The number of furan rings is 1. The molecule has 8 heteroatoms. The molecule has 1 aromatic heterocycles. The standard InChI is InChI=1S/C13H9N3O5/c17-12-9-3-1-7(5-10(9)13(18)15-12)14-6-8-2-4-11(21-8)16(19)20/h1-5,14H,6H2,(H,15,17,18). The Morgan fingerprint density at radius 1 is 1.14 bits per heavy atom. The molecule has 1 aliphatic rings. The van der Waals surface area contributed by atoms with Crippen molar-refractivity contribution in [2.24, 2.45) is 0 Å². The summed E-state index contributed by atoms with van der Waals surface area (Å²) >= 11 is 0. The molecule has 106 valence electrons. The van der Waals surface area contributed by atoms with Gasteiger partial charge in [0, 0.05) is 5.69 Å². The van der Waals surface area contributed by atoms with E-state index < -0.39 is 16.7 Å². The third-order valence-electron chi connectivity index (χ3n) is 3.03. The lowest BCUT2D eigenvalue weighted by Gasteiger charge is -2.05. The fourth-order valence-electron chi connectivity index (χ4n) is 2.03. The lowest BCUT2D eigenvalue weighted by atomic mass is 10.1. The number of rotatable bonds is 4. The summed E-state index contributed by atoms with van der Waals surface area (Å²) in [4.78, 5) is 32.8. The number of anilines is 1. The lowest BCUT2D eigenvalue weighted by molar-refractivity contribution is -0.402. The van der Waals surface area contributed by atoms with Crippen LogP contribution in [0.1, 0.15) is 26.5 Å². The molecule has 0 saturated heterocycles. The van der Waals surface area contributed by atoms with Gasteiger partial charge in [0.25, 0.3) is 11.8 Å². The Morgan fingerprint density at radius 3 is 2.62 bits per heavy atom. The van der Waals surface area contributed by atoms with Crippen molar-refractivity contribution in [1.29, 1.82) is 0 Å². The highest BCUT2D eigenvalue weighted by molar-refractivity contribution is 6.21. The van der Waals surface area contributed by atoms with Gasteiger partial charge in [0.15, 0.2) is 0 Å². The van der Waals surface area contributed by atoms with Crippen molar-refractivity contribution in [2.45, 2.75) is 6.54 Å². The maximum Gasteiger partial charge on any atom is 0.433 e. The Balaban J connectivity index is 1.74. The fraction of sp³-hybridized carbons (Fsp3) is 0.0769. The van der Waals surface area contributed by atoms with E-state index in [4.69, 9.17) is 4.42 Å². The van der Waals surface area contributed by atoms with Crippen LogP contribution in [0.3, 0.4) is 0 Å². The number of imide groups is 1. The number of nitrogens with zero attached hydrogens (tertiary/aromatic N) is 1. The van der Waals surface area contributed by atoms with E-state index in [1.54, 1.807) is 18.2 Å². The average Bonchev–Trinajstić information content (AvgIpc) is 3.03. The Morgan fingerprint density at radius 2 is 1.90 bits per heavy atom. The summed E-state index contributed by atoms with van der Waals surface area (Å²) < 4.78 is 5.00. The monoisotopic (exact) mass is 287 g/mol. The van der Waals surface area contributed by atoms with Crippen LogP contribution >= 0.6 is 0 Å². The zero-order valence-corrected chi connectivity index (χ0v) is 10.6. The normalized spacial score (nSPS) is 13.0. The molecule has 21 heavy (non-hydrogen) atoms. The van der Waals surface area contributed by atoms with Crippen molar-refractivity contribution in [3.63, 3.8) is 0 Å².